The van der Waals surface area contributed by atoms with E-state index in [1.165, 1.54) is 16.3 Å². The van der Waals surface area contributed by atoms with Crippen LogP contribution in [0.15, 0.2) is 42.5 Å². The summed E-state index contributed by atoms with van der Waals surface area (Å²) in [5.74, 6) is 0. The normalized spacial score (nSPS) is 17.4. The average Bonchev–Trinajstić information content (AvgIpc) is 2.47. The Hall–Kier alpha value is -1.56. The van der Waals surface area contributed by atoms with Gasteiger partial charge < -0.3 is 5.32 Å². The zero-order valence-corrected chi connectivity index (χ0v) is 11.5. The first-order chi connectivity index (χ1) is 8.86. The summed E-state index contributed by atoms with van der Waals surface area (Å²) in [5, 5.41) is 15.5. The molecule has 0 bridgehead atoms. The minimum absolute atomic E-state index is 0. The lowest BCUT2D eigenvalue weighted by Gasteiger charge is -2.32. The zero-order valence-electron chi connectivity index (χ0n) is 10.7. The molecule has 1 aliphatic rings. The summed E-state index contributed by atoms with van der Waals surface area (Å²) >= 11 is 0. The lowest BCUT2D eigenvalue weighted by atomic mass is 9.73. The molecule has 0 atom stereocenters. The second-order valence-electron chi connectivity index (χ2n) is 4.97. The van der Waals surface area contributed by atoms with Gasteiger partial charge in [-0.2, -0.15) is 5.26 Å². The van der Waals surface area contributed by atoms with Crippen LogP contribution in [-0.2, 0) is 5.41 Å². The van der Waals surface area contributed by atoms with Crippen molar-refractivity contribution in [1.29, 1.82) is 5.26 Å². The van der Waals surface area contributed by atoms with Crippen molar-refractivity contribution in [3.05, 3.63) is 48.0 Å². The lowest BCUT2D eigenvalue weighted by Crippen LogP contribution is -2.38. The van der Waals surface area contributed by atoms with Gasteiger partial charge in [0.2, 0.25) is 0 Å². The second-order valence-corrected chi connectivity index (χ2v) is 4.97. The Bertz CT molecular complexity index is 604. The van der Waals surface area contributed by atoms with Gasteiger partial charge in [0.05, 0.1) is 11.5 Å². The standard InChI is InChI=1S/C16H16N2.ClH/c17-12-16(8-10-18-11-9-16)15-7-3-5-13-4-1-2-6-14(13)15;/h1-7,18H,8-11H2;1H. The molecule has 1 aliphatic heterocycles. The predicted octanol–water partition coefficient (Wildman–Crippen LogP) is 3.41. The molecule has 2 aromatic carbocycles. The van der Waals surface area contributed by atoms with Crippen molar-refractivity contribution < 1.29 is 0 Å². The molecule has 2 nitrogen and oxygen atoms in total. The quantitative estimate of drug-likeness (QED) is 0.864. The van der Waals surface area contributed by atoms with E-state index in [1.54, 1.807) is 0 Å². The number of hydrogen-bond donors (Lipinski definition) is 1. The minimum Gasteiger partial charge on any atom is -0.317 e. The lowest BCUT2D eigenvalue weighted by molar-refractivity contribution is 0.385. The Morgan fingerprint density at radius 3 is 2.42 bits per heavy atom. The van der Waals surface area contributed by atoms with Crippen molar-refractivity contribution in [3.8, 4) is 6.07 Å². The van der Waals surface area contributed by atoms with Crippen LogP contribution in [0.3, 0.4) is 0 Å². The minimum atomic E-state index is -0.313. The van der Waals surface area contributed by atoms with Gasteiger partial charge in [-0.05, 0) is 42.3 Å². The number of piperidine rings is 1. The Morgan fingerprint density at radius 2 is 1.68 bits per heavy atom. The highest BCUT2D eigenvalue weighted by Gasteiger charge is 2.35. The van der Waals surface area contributed by atoms with Gasteiger partial charge in [-0.3, -0.25) is 0 Å². The van der Waals surface area contributed by atoms with Crippen LogP contribution < -0.4 is 5.32 Å². The molecule has 19 heavy (non-hydrogen) atoms. The topological polar surface area (TPSA) is 35.8 Å². The van der Waals surface area contributed by atoms with E-state index in [1.807, 2.05) is 6.07 Å². The Kier molecular flexibility index (Phi) is 4.09. The van der Waals surface area contributed by atoms with E-state index >= 15 is 0 Å². The Morgan fingerprint density at radius 1 is 1.00 bits per heavy atom. The molecule has 0 aromatic heterocycles. The molecule has 1 heterocycles. The van der Waals surface area contributed by atoms with Gasteiger partial charge >= 0.3 is 0 Å². The van der Waals surface area contributed by atoms with Gasteiger partial charge in [-0.15, -0.1) is 12.4 Å². The van der Waals surface area contributed by atoms with Crippen LogP contribution in [0.1, 0.15) is 18.4 Å². The van der Waals surface area contributed by atoms with Crippen molar-refractivity contribution >= 4 is 23.2 Å². The highest BCUT2D eigenvalue weighted by molar-refractivity contribution is 5.87. The molecule has 3 heteroatoms. The summed E-state index contributed by atoms with van der Waals surface area (Å²) in [7, 11) is 0. The molecule has 2 aromatic rings. The van der Waals surface area contributed by atoms with Crippen LogP contribution in [0.4, 0.5) is 0 Å². The highest BCUT2D eigenvalue weighted by Crippen LogP contribution is 2.36. The van der Waals surface area contributed by atoms with Crippen LogP contribution in [-0.4, -0.2) is 13.1 Å². The van der Waals surface area contributed by atoms with E-state index in [0.29, 0.717) is 0 Å². The number of benzene rings is 2. The van der Waals surface area contributed by atoms with Crippen LogP contribution >= 0.6 is 12.4 Å². The number of rotatable bonds is 1. The van der Waals surface area contributed by atoms with Crippen molar-refractivity contribution in [1.82, 2.24) is 5.32 Å². The fraction of sp³-hybridized carbons (Fsp3) is 0.312. The largest absolute Gasteiger partial charge is 0.317 e. The van der Waals surface area contributed by atoms with E-state index in [2.05, 4.69) is 47.8 Å². The first-order valence-corrected chi connectivity index (χ1v) is 6.46. The third-order valence-electron chi connectivity index (χ3n) is 3.98. The van der Waals surface area contributed by atoms with Gasteiger partial charge in [-0.1, -0.05) is 42.5 Å². The molecule has 1 N–H and O–H groups in total. The molecule has 0 aliphatic carbocycles. The van der Waals surface area contributed by atoms with Crippen LogP contribution in [0.5, 0.6) is 0 Å². The average molecular weight is 273 g/mol. The maximum atomic E-state index is 9.68. The van der Waals surface area contributed by atoms with E-state index in [0.717, 1.165) is 25.9 Å². The third kappa shape index (κ3) is 2.32. The molecule has 0 unspecified atom stereocenters. The molecular formula is C16H17ClN2. The van der Waals surface area contributed by atoms with Crippen molar-refractivity contribution in [2.75, 3.05) is 13.1 Å². The zero-order chi connectivity index (χ0) is 12.4. The van der Waals surface area contributed by atoms with Gasteiger partial charge in [0.1, 0.15) is 0 Å². The molecule has 0 spiro atoms. The number of nitriles is 1. The second kappa shape index (κ2) is 5.61. The van der Waals surface area contributed by atoms with Crippen molar-refractivity contribution in [3.63, 3.8) is 0 Å². The van der Waals surface area contributed by atoms with E-state index in [4.69, 9.17) is 0 Å². The summed E-state index contributed by atoms with van der Waals surface area (Å²) in [4.78, 5) is 0. The summed E-state index contributed by atoms with van der Waals surface area (Å²) in [5.41, 5.74) is 0.885. The highest BCUT2D eigenvalue weighted by atomic mass is 35.5. The van der Waals surface area contributed by atoms with Crippen LogP contribution in [0.25, 0.3) is 10.8 Å². The van der Waals surface area contributed by atoms with Gasteiger partial charge in [0.25, 0.3) is 0 Å². The van der Waals surface area contributed by atoms with Crippen molar-refractivity contribution in [2.45, 2.75) is 18.3 Å². The maximum Gasteiger partial charge on any atom is 0.0852 e. The molecule has 1 saturated heterocycles. The Balaban J connectivity index is 0.00000133. The van der Waals surface area contributed by atoms with Crippen LogP contribution in [0.2, 0.25) is 0 Å². The molecule has 0 amide bonds. The third-order valence-corrected chi connectivity index (χ3v) is 3.98. The monoisotopic (exact) mass is 272 g/mol. The van der Waals surface area contributed by atoms with Gasteiger partial charge in [-0.25, -0.2) is 0 Å². The fourth-order valence-electron chi connectivity index (χ4n) is 2.94. The van der Waals surface area contributed by atoms with E-state index in [9.17, 15) is 5.26 Å². The summed E-state index contributed by atoms with van der Waals surface area (Å²) in [6.45, 7) is 1.85. The molecule has 3 rings (SSSR count). The van der Waals surface area contributed by atoms with Gasteiger partial charge in [0, 0.05) is 0 Å². The van der Waals surface area contributed by atoms with Gasteiger partial charge in [0.15, 0.2) is 0 Å². The molecule has 98 valence electrons. The molecule has 1 fully saturated rings. The van der Waals surface area contributed by atoms with E-state index in [-0.39, 0.29) is 17.8 Å². The summed E-state index contributed by atoms with van der Waals surface area (Å²) in [6.07, 6.45) is 1.80. The maximum absolute atomic E-state index is 9.68. The summed E-state index contributed by atoms with van der Waals surface area (Å²) < 4.78 is 0. The number of halogens is 1. The first-order valence-electron chi connectivity index (χ1n) is 6.46. The first kappa shape index (κ1) is 13.9. The molecular weight excluding hydrogens is 256 g/mol. The number of nitrogens with zero attached hydrogens (tertiary/aromatic N) is 1. The Labute approximate surface area is 119 Å². The smallest absolute Gasteiger partial charge is 0.0852 e. The predicted molar refractivity (Wildman–Crippen MR) is 80.6 cm³/mol. The number of nitrogens with one attached hydrogen (secondary N) is 1. The van der Waals surface area contributed by atoms with E-state index < -0.39 is 0 Å². The fourth-order valence-corrected chi connectivity index (χ4v) is 2.94. The molecule has 0 radical (unpaired) electrons. The molecule has 0 saturated carbocycles. The number of fused-ring (bicyclic) bond motifs is 1. The SMILES string of the molecule is Cl.N#CC1(c2cccc3ccccc23)CCNCC1. The van der Waals surface area contributed by atoms with Crippen LogP contribution in [0, 0.1) is 11.3 Å². The van der Waals surface area contributed by atoms with Crippen molar-refractivity contribution in [2.24, 2.45) is 0 Å². The summed E-state index contributed by atoms with van der Waals surface area (Å²) in [6, 6.07) is 17.2. The number of hydrogen-bond acceptors (Lipinski definition) is 2.